The van der Waals surface area contributed by atoms with Gasteiger partial charge in [-0.3, -0.25) is 4.79 Å². The summed E-state index contributed by atoms with van der Waals surface area (Å²) in [5.41, 5.74) is 0. The van der Waals surface area contributed by atoms with Gasteiger partial charge in [0.05, 0.1) is 0 Å². The smallest absolute Gasteiger partial charge is 0.326 e. The Hall–Kier alpha value is -1.79. The van der Waals surface area contributed by atoms with Crippen LogP contribution in [0, 0.1) is 0 Å². The van der Waals surface area contributed by atoms with Gasteiger partial charge in [0.2, 0.25) is 5.91 Å². The second kappa shape index (κ2) is 8.32. The molecule has 3 N–H and O–H groups in total. The quantitative estimate of drug-likeness (QED) is 0.600. The van der Waals surface area contributed by atoms with Crippen LogP contribution >= 0.6 is 0 Å². The van der Waals surface area contributed by atoms with Crippen LogP contribution in [-0.2, 0) is 9.59 Å². The number of carboxylic acid groups (broad SMARTS) is 1. The van der Waals surface area contributed by atoms with Gasteiger partial charge in [-0.05, 0) is 13.3 Å². The Morgan fingerprint density at radius 2 is 1.83 bits per heavy atom. The molecule has 104 valence electrons. The summed E-state index contributed by atoms with van der Waals surface area (Å²) >= 11 is 0. The van der Waals surface area contributed by atoms with E-state index in [1.807, 2.05) is 6.92 Å². The minimum Gasteiger partial charge on any atom is -0.480 e. The van der Waals surface area contributed by atoms with Gasteiger partial charge in [0.1, 0.15) is 6.04 Å². The van der Waals surface area contributed by atoms with E-state index < -0.39 is 18.0 Å². The number of amides is 3. The number of carbonyl (C=O) groups excluding carboxylic acids is 2. The molecule has 0 aromatic heterocycles. The number of aliphatic carboxylic acids is 1. The molecular formula is C11H21N3O4. The number of rotatable bonds is 7. The van der Waals surface area contributed by atoms with Crippen molar-refractivity contribution in [3.05, 3.63) is 0 Å². The zero-order valence-electron chi connectivity index (χ0n) is 11.0. The fourth-order valence-corrected chi connectivity index (χ4v) is 1.10. The summed E-state index contributed by atoms with van der Waals surface area (Å²) in [5, 5.41) is 13.9. The third-order valence-corrected chi connectivity index (χ3v) is 2.46. The number of hydrogen-bond acceptors (Lipinski definition) is 3. The Kier molecular flexibility index (Phi) is 7.50. The number of carbonyl (C=O) groups is 3. The zero-order chi connectivity index (χ0) is 14.1. The maximum atomic E-state index is 11.5. The maximum absolute atomic E-state index is 11.5. The second-order valence-corrected chi connectivity index (χ2v) is 3.96. The fourth-order valence-electron chi connectivity index (χ4n) is 1.10. The number of nitrogens with one attached hydrogen (secondary N) is 2. The van der Waals surface area contributed by atoms with Crippen molar-refractivity contribution in [2.45, 2.75) is 32.7 Å². The summed E-state index contributed by atoms with van der Waals surface area (Å²) in [5.74, 6) is -1.21. The Morgan fingerprint density at radius 1 is 1.22 bits per heavy atom. The molecular weight excluding hydrogens is 238 g/mol. The molecule has 0 rings (SSSR count). The normalized spacial score (nSPS) is 11.5. The molecule has 0 aliphatic heterocycles. The van der Waals surface area contributed by atoms with Crippen molar-refractivity contribution in [3.8, 4) is 0 Å². The largest absolute Gasteiger partial charge is 0.480 e. The van der Waals surface area contributed by atoms with Crippen LogP contribution < -0.4 is 10.6 Å². The SMILES string of the molecule is CCCNC(=O)CCNC(=O)N(C)C(C)C(=O)O. The molecule has 7 nitrogen and oxygen atoms in total. The van der Waals surface area contributed by atoms with Gasteiger partial charge in [-0.1, -0.05) is 6.92 Å². The van der Waals surface area contributed by atoms with Crippen LogP contribution in [0.1, 0.15) is 26.7 Å². The Morgan fingerprint density at radius 3 is 2.33 bits per heavy atom. The van der Waals surface area contributed by atoms with E-state index in [2.05, 4.69) is 10.6 Å². The molecule has 0 radical (unpaired) electrons. The molecule has 0 aliphatic carbocycles. The average Bonchev–Trinajstić information content (AvgIpc) is 2.34. The molecule has 3 amide bonds. The van der Waals surface area contributed by atoms with E-state index in [-0.39, 0.29) is 18.9 Å². The predicted octanol–water partition coefficient (Wildman–Crippen LogP) is 0.0172. The van der Waals surface area contributed by atoms with Gasteiger partial charge < -0.3 is 20.6 Å². The minimum atomic E-state index is -1.08. The highest BCUT2D eigenvalue weighted by Gasteiger charge is 2.21. The Balaban J connectivity index is 3.90. The van der Waals surface area contributed by atoms with Crippen LogP contribution in [0.5, 0.6) is 0 Å². The van der Waals surface area contributed by atoms with Crippen molar-refractivity contribution in [2.75, 3.05) is 20.1 Å². The van der Waals surface area contributed by atoms with E-state index in [1.54, 1.807) is 0 Å². The molecule has 0 saturated heterocycles. The van der Waals surface area contributed by atoms with E-state index in [4.69, 9.17) is 5.11 Å². The topological polar surface area (TPSA) is 98.7 Å². The van der Waals surface area contributed by atoms with Gasteiger partial charge >= 0.3 is 12.0 Å². The molecule has 0 aliphatic rings. The van der Waals surface area contributed by atoms with Crippen LogP contribution in [-0.4, -0.2) is 54.1 Å². The standard InChI is InChI=1S/C11H21N3O4/c1-4-6-12-9(15)5-7-13-11(18)14(3)8(2)10(16)17/h8H,4-7H2,1-3H3,(H,12,15)(H,13,18)(H,16,17). The first-order valence-electron chi connectivity index (χ1n) is 5.90. The van der Waals surface area contributed by atoms with Gasteiger partial charge in [0.25, 0.3) is 0 Å². The molecule has 0 aromatic carbocycles. The number of carboxylic acids is 1. The number of nitrogens with zero attached hydrogens (tertiary/aromatic N) is 1. The lowest BCUT2D eigenvalue weighted by molar-refractivity contribution is -0.141. The van der Waals surface area contributed by atoms with Crippen molar-refractivity contribution >= 4 is 17.9 Å². The van der Waals surface area contributed by atoms with Gasteiger partial charge in [-0.2, -0.15) is 0 Å². The van der Waals surface area contributed by atoms with Crippen LogP contribution in [0.4, 0.5) is 4.79 Å². The average molecular weight is 259 g/mol. The highest BCUT2D eigenvalue weighted by molar-refractivity contribution is 5.82. The third-order valence-electron chi connectivity index (χ3n) is 2.46. The third kappa shape index (κ3) is 6.07. The summed E-state index contributed by atoms with van der Waals surface area (Å²) < 4.78 is 0. The van der Waals surface area contributed by atoms with Gasteiger partial charge in [-0.15, -0.1) is 0 Å². The molecule has 7 heteroatoms. The number of hydrogen-bond donors (Lipinski definition) is 3. The van der Waals surface area contributed by atoms with Crippen LogP contribution in [0.25, 0.3) is 0 Å². The molecule has 1 unspecified atom stereocenters. The number of urea groups is 1. The lowest BCUT2D eigenvalue weighted by atomic mass is 10.3. The van der Waals surface area contributed by atoms with Gasteiger partial charge in [0, 0.05) is 26.6 Å². The molecule has 0 spiro atoms. The summed E-state index contributed by atoms with van der Waals surface area (Å²) in [7, 11) is 1.39. The summed E-state index contributed by atoms with van der Waals surface area (Å²) in [6.45, 7) is 4.16. The lowest BCUT2D eigenvalue weighted by Gasteiger charge is -2.21. The summed E-state index contributed by atoms with van der Waals surface area (Å²) in [4.78, 5) is 34.5. The van der Waals surface area contributed by atoms with Crippen molar-refractivity contribution in [1.29, 1.82) is 0 Å². The second-order valence-electron chi connectivity index (χ2n) is 3.96. The predicted molar refractivity (Wildman–Crippen MR) is 66.2 cm³/mol. The van der Waals surface area contributed by atoms with Crippen molar-refractivity contribution < 1.29 is 19.5 Å². The molecule has 1 atom stereocenters. The van der Waals surface area contributed by atoms with Gasteiger partial charge in [0.15, 0.2) is 0 Å². The lowest BCUT2D eigenvalue weighted by Crippen LogP contribution is -2.46. The molecule has 0 bridgehead atoms. The van der Waals surface area contributed by atoms with Gasteiger partial charge in [-0.25, -0.2) is 9.59 Å². The summed E-state index contributed by atoms with van der Waals surface area (Å²) in [6.07, 6.45) is 1.04. The first kappa shape index (κ1) is 16.2. The van der Waals surface area contributed by atoms with E-state index in [1.165, 1.54) is 14.0 Å². The van der Waals surface area contributed by atoms with Crippen molar-refractivity contribution in [2.24, 2.45) is 0 Å². The van der Waals surface area contributed by atoms with E-state index in [9.17, 15) is 14.4 Å². The minimum absolute atomic E-state index is 0.133. The monoisotopic (exact) mass is 259 g/mol. The molecule has 0 aromatic rings. The Labute approximate surface area is 107 Å². The molecule has 0 fully saturated rings. The van der Waals surface area contributed by atoms with E-state index in [0.717, 1.165) is 11.3 Å². The maximum Gasteiger partial charge on any atom is 0.326 e. The molecule has 0 saturated carbocycles. The van der Waals surface area contributed by atoms with Crippen LogP contribution in [0.15, 0.2) is 0 Å². The summed E-state index contributed by atoms with van der Waals surface area (Å²) in [6, 6.07) is -1.41. The van der Waals surface area contributed by atoms with Crippen LogP contribution in [0.3, 0.4) is 0 Å². The van der Waals surface area contributed by atoms with E-state index in [0.29, 0.717) is 6.54 Å². The van der Waals surface area contributed by atoms with E-state index >= 15 is 0 Å². The van der Waals surface area contributed by atoms with Crippen molar-refractivity contribution in [1.82, 2.24) is 15.5 Å². The van der Waals surface area contributed by atoms with Crippen molar-refractivity contribution in [3.63, 3.8) is 0 Å². The Bertz CT molecular complexity index is 307. The first-order valence-corrected chi connectivity index (χ1v) is 5.90. The molecule has 18 heavy (non-hydrogen) atoms. The highest BCUT2D eigenvalue weighted by Crippen LogP contribution is 1.95. The number of likely N-dealkylation sites (N-methyl/N-ethyl adjacent to an activating group) is 1. The highest BCUT2D eigenvalue weighted by atomic mass is 16.4. The fraction of sp³-hybridized carbons (Fsp3) is 0.727. The van der Waals surface area contributed by atoms with Crippen LogP contribution in [0.2, 0.25) is 0 Å². The first-order chi connectivity index (χ1) is 8.40. The molecule has 0 heterocycles. The zero-order valence-corrected chi connectivity index (χ0v) is 11.0.